The van der Waals surface area contributed by atoms with Crippen LogP contribution in [0.15, 0.2) is 22.7 Å². The summed E-state index contributed by atoms with van der Waals surface area (Å²) in [6.07, 6.45) is -0.343. The van der Waals surface area contributed by atoms with Crippen molar-refractivity contribution in [3.63, 3.8) is 0 Å². The average Bonchev–Trinajstić information content (AvgIpc) is 3.12. The predicted molar refractivity (Wildman–Crippen MR) is 83.5 cm³/mol. The molecule has 0 saturated carbocycles. The van der Waals surface area contributed by atoms with Crippen LogP contribution in [0, 0.1) is 18.6 Å². The summed E-state index contributed by atoms with van der Waals surface area (Å²) in [6.45, 7) is 3.53. The van der Waals surface area contributed by atoms with Crippen LogP contribution in [-0.2, 0) is 4.79 Å². The van der Waals surface area contributed by atoms with Crippen molar-refractivity contribution in [1.29, 1.82) is 0 Å². The molecular formula is C17H19F2N3O3. The van der Waals surface area contributed by atoms with Gasteiger partial charge < -0.3 is 14.5 Å². The third kappa shape index (κ3) is 3.68. The van der Waals surface area contributed by atoms with Gasteiger partial charge in [-0.2, -0.15) is 4.98 Å². The van der Waals surface area contributed by atoms with E-state index in [0.717, 1.165) is 6.07 Å². The minimum Gasteiger partial charge on any atom is -0.391 e. The topological polar surface area (TPSA) is 79.5 Å². The number of carbonyl (C=O) groups excluding carboxylic acids is 1. The highest BCUT2D eigenvalue weighted by molar-refractivity contribution is 5.78. The highest BCUT2D eigenvalue weighted by atomic mass is 19.1. The third-order valence-corrected chi connectivity index (χ3v) is 4.40. The van der Waals surface area contributed by atoms with Gasteiger partial charge in [0.15, 0.2) is 5.82 Å². The Labute approximate surface area is 143 Å². The minimum atomic E-state index is -0.681. The largest absolute Gasteiger partial charge is 0.391 e. The molecule has 2 aromatic rings. The van der Waals surface area contributed by atoms with Gasteiger partial charge in [-0.25, -0.2) is 8.78 Å². The van der Waals surface area contributed by atoms with Crippen LogP contribution < -0.4 is 0 Å². The van der Waals surface area contributed by atoms with Crippen LogP contribution in [-0.4, -0.2) is 38.7 Å². The second-order valence-corrected chi connectivity index (χ2v) is 6.40. The lowest BCUT2D eigenvalue weighted by Gasteiger charge is -2.23. The zero-order chi connectivity index (χ0) is 18.1. The SMILES string of the molecule is Cc1noc([C@H]2C[C@@H](O)CN2C(=O)CC(C)c2ccc(F)cc2F)n1. The van der Waals surface area contributed by atoms with Crippen molar-refractivity contribution < 1.29 is 23.2 Å². The first kappa shape index (κ1) is 17.5. The summed E-state index contributed by atoms with van der Waals surface area (Å²) in [5, 5.41) is 13.6. The highest BCUT2D eigenvalue weighted by Gasteiger charge is 2.39. The van der Waals surface area contributed by atoms with Crippen LogP contribution >= 0.6 is 0 Å². The van der Waals surface area contributed by atoms with Gasteiger partial charge in [0.25, 0.3) is 0 Å². The third-order valence-electron chi connectivity index (χ3n) is 4.40. The predicted octanol–water partition coefficient (Wildman–Crippen LogP) is 2.48. The molecule has 1 aliphatic heterocycles. The number of aliphatic hydroxyl groups is 1. The summed E-state index contributed by atoms with van der Waals surface area (Å²) < 4.78 is 32.1. The Morgan fingerprint density at radius 1 is 1.48 bits per heavy atom. The molecule has 2 heterocycles. The van der Waals surface area contributed by atoms with E-state index in [-0.39, 0.29) is 30.3 Å². The summed E-state index contributed by atoms with van der Waals surface area (Å²) in [4.78, 5) is 18.3. The molecule has 0 spiro atoms. The second kappa shape index (κ2) is 6.87. The molecule has 25 heavy (non-hydrogen) atoms. The van der Waals surface area contributed by atoms with Gasteiger partial charge in [0.05, 0.1) is 6.10 Å². The number of β-amino-alcohol motifs (C(OH)–C–C–N with tert-alkyl or cyclic N) is 1. The molecule has 0 bridgehead atoms. The first-order valence-electron chi connectivity index (χ1n) is 8.08. The normalized spacial score (nSPS) is 21.6. The number of hydrogen-bond donors (Lipinski definition) is 1. The molecule has 6 nitrogen and oxygen atoms in total. The molecule has 1 amide bonds. The van der Waals surface area contributed by atoms with E-state index in [1.165, 1.54) is 17.0 Å². The first-order valence-corrected chi connectivity index (χ1v) is 8.08. The van der Waals surface area contributed by atoms with Crippen molar-refractivity contribution in [2.45, 2.75) is 44.8 Å². The Morgan fingerprint density at radius 3 is 2.88 bits per heavy atom. The summed E-state index contributed by atoms with van der Waals surface area (Å²) in [6, 6.07) is 2.83. The molecule has 1 saturated heterocycles. The van der Waals surface area contributed by atoms with E-state index in [2.05, 4.69) is 10.1 Å². The van der Waals surface area contributed by atoms with Gasteiger partial charge >= 0.3 is 0 Å². The molecule has 1 aromatic heterocycles. The fourth-order valence-corrected chi connectivity index (χ4v) is 3.16. The molecule has 8 heteroatoms. The summed E-state index contributed by atoms with van der Waals surface area (Å²) in [7, 11) is 0. The van der Waals surface area contributed by atoms with Gasteiger partial charge in [0, 0.05) is 25.5 Å². The van der Waals surface area contributed by atoms with E-state index in [1.807, 2.05) is 0 Å². The zero-order valence-corrected chi connectivity index (χ0v) is 13.9. The van der Waals surface area contributed by atoms with E-state index in [1.54, 1.807) is 13.8 Å². The second-order valence-electron chi connectivity index (χ2n) is 6.40. The van der Waals surface area contributed by atoms with Crippen molar-refractivity contribution in [2.75, 3.05) is 6.54 Å². The maximum absolute atomic E-state index is 13.9. The van der Waals surface area contributed by atoms with Crippen LogP contribution in [0.25, 0.3) is 0 Å². The van der Waals surface area contributed by atoms with Gasteiger partial charge in [-0.1, -0.05) is 18.1 Å². The van der Waals surface area contributed by atoms with Crippen LogP contribution in [0.5, 0.6) is 0 Å². The van der Waals surface area contributed by atoms with Gasteiger partial charge in [-0.15, -0.1) is 0 Å². The standard InChI is InChI=1S/C17H19F2N3O3/c1-9(13-4-3-11(18)6-14(13)19)5-16(24)22-8-12(23)7-15(22)17-20-10(2)21-25-17/h3-4,6,9,12,15,23H,5,7-8H2,1-2H3/t9?,12-,15-/m1/s1. The number of aliphatic hydroxyl groups excluding tert-OH is 1. The summed E-state index contributed by atoms with van der Waals surface area (Å²) >= 11 is 0. The van der Waals surface area contributed by atoms with E-state index in [0.29, 0.717) is 12.2 Å². The Hall–Kier alpha value is -2.35. The Morgan fingerprint density at radius 2 is 2.24 bits per heavy atom. The Kier molecular flexibility index (Phi) is 4.80. The number of benzene rings is 1. The fourth-order valence-electron chi connectivity index (χ4n) is 3.16. The smallest absolute Gasteiger partial charge is 0.249 e. The number of hydrogen-bond acceptors (Lipinski definition) is 5. The number of aromatic nitrogens is 2. The first-order chi connectivity index (χ1) is 11.8. The number of amides is 1. The van der Waals surface area contributed by atoms with Crippen LogP contribution in [0.1, 0.15) is 49.0 Å². The average molecular weight is 351 g/mol. The van der Waals surface area contributed by atoms with Crippen molar-refractivity contribution in [3.8, 4) is 0 Å². The molecule has 1 unspecified atom stereocenters. The maximum Gasteiger partial charge on any atom is 0.249 e. The zero-order valence-electron chi connectivity index (χ0n) is 13.9. The molecule has 1 N–H and O–H groups in total. The Balaban J connectivity index is 1.74. The summed E-state index contributed by atoms with van der Waals surface area (Å²) in [5.74, 6) is -1.29. The lowest BCUT2D eigenvalue weighted by atomic mass is 9.96. The lowest BCUT2D eigenvalue weighted by Crippen LogP contribution is -2.32. The van der Waals surface area contributed by atoms with Crippen LogP contribution in [0.3, 0.4) is 0 Å². The molecule has 1 fully saturated rings. The number of nitrogens with zero attached hydrogens (tertiary/aromatic N) is 3. The number of carbonyl (C=O) groups is 1. The molecule has 0 radical (unpaired) electrons. The lowest BCUT2D eigenvalue weighted by molar-refractivity contribution is -0.133. The highest BCUT2D eigenvalue weighted by Crippen LogP contribution is 2.33. The monoisotopic (exact) mass is 351 g/mol. The van der Waals surface area contributed by atoms with Crippen molar-refractivity contribution in [2.24, 2.45) is 0 Å². The van der Waals surface area contributed by atoms with Crippen LogP contribution in [0.4, 0.5) is 8.78 Å². The fraction of sp³-hybridized carbons (Fsp3) is 0.471. The number of halogens is 2. The molecular weight excluding hydrogens is 332 g/mol. The number of aryl methyl sites for hydroxylation is 1. The van der Waals surface area contributed by atoms with E-state index in [4.69, 9.17) is 4.52 Å². The molecule has 0 aliphatic carbocycles. The van der Waals surface area contributed by atoms with Gasteiger partial charge in [-0.05, 0) is 24.5 Å². The molecule has 3 atom stereocenters. The molecule has 3 rings (SSSR count). The molecule has 1 aliphatic rings. The van der Waals surface area contributed by atoms with E-state index in [9.17, 15) is 18.7 Å². The molecule has 1 aromatic carbocycles. The van der Waals surface area contributed by atoms with Crippen molar-refractivity contribution in [1.82, 2.24) is 15.0 Å². The van der Waals surface area contributed by atoms with Gasteiger partial charge in [-0.3, -0.25) is 4.79 Å². The molecule has 134 valence electrons. The minimum absolute atomic E-state index is 0.0267. The number of likely N-dealkylation sites (tertiary alicyclic amines) is 1. The van der Waals surface area contributed by atoms with E-state index >= 15 is 0 Å². The number of rotatable bonds is 4. The van der Waals surface area contributed by atoms with Crippen molar-refractivity contribution in [3.05, 3.63) is 47.1 Å². The van der Waals surface area contributed by atoms with Crippen molar-refractivity contribution >= 4 is 5.91 Å². The van der Waals surface area contributed by atoms with Gasteiger partial charge in [0.1, 0.15) is 17.7 Å². The van der Waals surface area contributed by atoms with E-state index < -0.39 is 29.7 Å². The Bertz CT molecular complexity index is 780. The van der Waals surface area contributed by atoms with Crippen LogP contribution in [0.2, 0.25) is 0 Å². The quantitative estimate of drug-likeness (QED) is 0.915. The maximum atomic E-state index is 13.9. The summed E-state index contributed by atoms with van der Waals surface area (Å²) in [5.41, 5.74) is 0.277. The van der Waals surface area contributed by atoms with Gasteiger partial charge in [0.2, 0.25) is 11.8 Å².